The third-order valence-corrected chi connectivity index (χ3v) is 9.09. The molecule has 3 aliphatic heterocycles. The summed E-state index contributed by atoms with van der Waals surface area (Å²) in [6.07, 6.45) is 5.07. The van der Waals surface area contributed by atoms with Crippen molar-refractivity contribution in [2.75, 3.05) is 24.7 Å². The van der Waals surface area contributed by atoms with Gasteiger partial charge in [0, 0.05) is 6.04 Å². The Morgan fingerprint density at radius 3 is 2.66 bits per heavy atom. The maximum absolute atomic E-state index is 13.8. The Balaban J connectivity index is 1.60. The molecule has 1 aromatic rings. The van der Waals surface area contributed by atoms with Crippen molar-refractivity contribution in [1.29, 1.82) is 0 Å². The molecule has 0 bridgehead atoms. The smallest absolute Gasteiger partial charge is 0.290 e. The Kier molecular flexibility index (Phi) is 6.38. The molecule has 0 N–H and O–H groups in total. The summed E-state index contributed by atoms with van der Waals surface area (Å²) < 4.78 is 42.4. The molecule has 8 nitrogen and oxygen atoms in total. The summed E-state index contributed by atoms with van der Waals surface area (Å²) in [6.45, 7) is 6.25. The van der Waals surface area contributed by atoms with E-state index in [1.807, 2.05) is 13.0 Å². The Bertz CT molecular complexity index is 1190. The van der Waals surface area contributed by atoms with Gasteiger partial charge in [-0.1, -0.05) is 25.1 Å². The molecule has 1 saturated heterocycles. The van der Waals surface area contributed by atoms with Gasteiger partial charge < -0.3 is 19.1 Å². The number of hydrogen-bond acceptors (Lipinski definition) is 7. The predicted molar refractivity (Wildman–Crippen MR) is 129 cm³/mol. The van der Waals surface area contributed by atoms with E-state index in [0.717, 1.165) is 25.7 Å². The van der Waals surface area contributed by atoms with Crippen LogP contribution in [-0.2, 0) is 24.2 Å². The first-order valence-corrected chi connectivity index (χ1v) is 14.1. The lowest BCUT2D eigenvalue weighted by atomic mass is 9.77. The van der Waals surface area contributed by atoms with E-state index in [1.54, 1.807) is 23.1 Å². The fourth-order valence-corrected chi connectivity index (χ4v) is 7.50. The first-order valence-electron chi connectivity index (χ1n) is 12.3. The predicted octanol–water partition coefficient (Wildman–Crippen LogP) is 3.13. The minimum absolute atomic E-state index is 0.0252. The number of carbonyl (C=O) groups is 2. The second-order valence-corrected chi connectivity index (χ2v) is 11.8. The first-order chi connectivity index (χ1) is 16.8. The first kappa shape index (κ1) is 23.9. The molecule has 4 atom stereocenters. The van der Waals surface area contributed by atoms with Crippen molar-refractivity contribution in [3.05, 3.63) is 47.7 Å². The maximum atomic E-state index is 13.8. The lowest BCUT2D eigenvalue weighted by molar-refractivity contribution is -0.136. The van der Waals surface area contributed by atoms with Crippen LogP contribution in [0.5, 0.6) is 11.5 Å². The van der Waals surface area contributed by atoms with E-state index in [4.69, 9.17) is 14.2 Å². The van der Waals surface area contributed by atoms with E-state index in [9.17, 15) is 18.0 Å². The van der Waals surface area contributed by atoms with Gasteiger partial charge in [-0.3, -0.25) is 9.59 Å². The molecule has 0 aromatic heterocycles. The zero-order chi connectivity index (χ0) is 24.7. The quantitative estimate of drug-likeness (QED) is 0.529. The minimum Gasteiger partial charge on any atom is -0.490 e. The van der Waals surface area contributed by atoms with Gasteiger partial charge in [-0.05, 0) is 50.3 Å². The number of nitrogens with zero attached hydrogens (tertiary/aromatic N) is 1. The van der Waals surface area contributed by atoms with E-state index < -0.39 is 27.8 Å². The van der Waals surface area contributed by atoms with Crippen molar-refractivity contribution in [3.63, 3.8) is 0 Å². The molecule has 5 rings (SSSR count). The Morgan fingerprint density at radius 2 is 1.94 bits per heavy atom. The van der Waals surface area contributed by atoms with Crippen LogP contribution in [0.25, 0.3) is 0 Å². The van der Waals surface area contributed by atoms with Crippen LogP contribution in [0.1, 0.15) is 50.6 Å². The van der Waals surface area contributed by atoms with E-state index in [-0.39, 0.29) is 35.1 Å². The van der Waals surface area contributed by atoms with Gasteiger partial charge in [0.15, 0.2) is 32.9 Å². The summed E-state index contributed by atoms with van der Waals surface area (Å²) in [7, 11) is -3.26. The van der Waals surface area contributed by atoms with Crippen molar-refractivity contribution in [2.24, 2.45) is 5.92 Å². The molecular formula is C26H31NO7S. The van der Waals surface area contributed by atoms with E-state index in [1.165, 1.54) is 0 Å². The minimum atomic E-state index is -3.26. The molecular weight excluding hydrogens is 470 g/mol. The summed E-state index contributed by atoms with van der Waals surface area (Å²) in [5.41, 5.74) is 1.03. The van der Waals surface area contributed by atoms with Crippen molar-refractivity contribution >= 4 is 21.5 Å². The summed E-state index contributed by atoms with van der Waals surface area (Å²) in [5, 5.41) is 0. The molecule has 3 heterocycles. The average molecular weight is 502 g/mol. The molecule has 2 fully saturated rings. The van der Waals surface area contributed by atoms with Crippen molar-refractivity contribution in [3.8, 4) is 11.5 Å². The number of rotatable bonds is 7. The van der Waals surface area contributed by atoms with Gasteiger partial charge in [0.2, 0.25) is 0 Å². The second-order valence-electron chi connectivity index (χ2n) is 9.56. The normalized spacial score (nSPS) is 29.5. The molecule has 1 amide bonds. The summed E-state index contributed by atoms with van der Waals surface area (Å²) in [5.74, 6) is 0.309. The molecule has 9 heteroatoms. The molecule has 4 unspecified atom stereocenters. The Labute approximate surface area is 205 Å². The monoisotopic (exact) mass is 501 g/mol. The topological polar surface area (TPSA) is 99.2 Å². The van der Waals surface area contributed by atoms with Crippen molar-refractivity contribution < 1.29 is 32.2 Å². The third kappa shape index (κ3) is 4.24. The van der Waals surface area contributed by atoms with Crippen LogP contribution < -0.4 is 9.47 Å². The van der Waals surface area contributed by atoms with E-state index in [0.29, 0.717) is 42.3 Å². The van der Waals surface area contributed by atoms with Gasteiger partial charge in [-0.25, -0.2) is 8.42 Å². The van der Waals surface area contributed by atoms with Crippen molar-refractivity contribution in [2.45, 2.75) is 57.2 Å². The van der Waals surface area contributed by atoms with Crippen LogP contribution in [0.4, 0.5) is 0 Å². The molecule has 1 aliphatic carbocycles. The van der Waals surface area contributed by atoms with Crippen LogP contribution in [0, 0.1) is 5.92 Å². The molecule has 35 heavy (non-hydrogen) atoms. The van der Waals surface area contributed by atoms with Gasteiger partial charge >= 0.3 is 0 Å². The highest BCUT2D eigenvalue weighted by atomic mass is 32.2. The standard InChI is InChI=1S/C26H31NO7S/c1-3-12-33-20-10-9-16(14-21(20)32-4-2)23-22-24(28)18-7-5-6-8-19(18)34-25(22)26(29)27(23)17-11-13-35(30,31)15-17/h3,9-10,14,17-19,23H,1,4-8,11-13,15H2,2H3. The van der Waals surface area contributed by atoms with Gasteiger partial charge in [0.25, 0.3) is 5.91 Å². The maximum Gasteiger partial charge on any atom is 0.290 e. The molecule has 1 aromatic carbocycles. The number of ketones is 1. The summed E-state index contributed by atoms with van der Waals surface area (Å²) >= 11 is 0. The van der Waals surface area contributed by atoms with Crippen LogP contribution in [0.15, 0.2) is 42.2 Å². The van der Waals surface area contributed by atoms with Gasteiger partial charge in [0.1, 0.15) is 12.7 Å². The van der Waals surface area contributed by atoms with Crippen molar-refractivity contribution in [1.82, 2.24) is 4.90 Å². The van der Waals surface area contributed by atoms with Gasteiger partial charge in [-0.2, -0.15) is 0 Å². The lowest BCUT2D eigenvalue weighted by Gasteiger charge is -2.35. The highest BCUT2D eigenvalue weighted by Gasteiger charge is 2.54. The van der Waals surface area contributed by atoms with E-state index >= 15 is 0 Å². The molecule has 188 valence electrons. The SMILES string of the molecule is C=CCOc1ccc(C2C3=C(OC4CCCCC4C3=O)C(=O)N2C2CCS(=O)(=O)C2)cc1OCC. The number of fused-ring (bicyclic) bond motifs is 1. The zero-order valence-corrected chi connectivity index (χ0v) is 20.7. The number of ether oxygens (including phenoxy) is 3. The largest absolute Gasteiger partial charge is 0.490 e. The van der Waals surface area contributed by atoms with Crippen LogP contribution in [0.3, 0.4) is 0 Å². The van der Waals surface area contributed by atoms with Gasteiger partial charge in [-0.15, -0.1) is 0 Å². The van der Waals surface area contributed by atoms with Gasteiger partial charge in [0.05, 0.1) is 35.6 Å². The summed E-state index contributed by atoms with van der Waals surface area (Å²) in [6, 6.07) is 4.11. The third-order valence-electron chi connectivity index (χ3n) is 7.34. The van der Waals surface area contributed by atoms with Crippen LogP contribution >= 0.6 is 0 Å². The fourth-order valence-electron chi connectivity index (χ4n) is 5.79. The number of Topliss-reactive ketones (excluding diaryl/α,β-unsaturated/α-hetero) is 1. The lowest BCUT2D eigenvalue weighted by Crippen LogP contribution is -2.41. The Morgan fingerprint density at radius 1 is 1.14 bits per heavy atom. The number of sulfone groups is 1. The number of amides is 1. The van der Waals surface area contributed by atoms with Crippen LogP contribution in [-0.4, -0.2) is 61.9 Å². The Hall–Kier alpha value is -2.81. The molecule has 0 radical (unpaired) electrons. The number of benzene rings is 1. The number of carbonyl (C=O) groups excluding carboxylic acids is 2. The highest BCUT2D eigenvalue weighted by Crippen LogP contribution is 2.49. The fraction of sp³-hybridized carbons (Fsp3) is 0.538. The summed E-state index contributed by atoms with van der Waals surface area (Å²) in [4.78, 5) is 29.0. The van der Waals surface area contributed by atoms with E-state index in [2.05, 4.69) is 6.58 Å². The second kappa shape index (κ2) is 9.33. The molecule has 4 aliphatic rings. The number of hydrogen-bond donors (Lipinski definition) is 0. The highest BCUT2D eigenvalue weighted by molar-refractivity contribution is 7.91. The zero-order valence-electron chi connectivity index (χ0n) is 19.9. The average Bonchev–Trinajstić information content (AvgIpc) is 3.35. The van der Waals surface area contributed by atoms with Crippen LogP contribution in [0.2, 0.25) is 0 Å². The molecule has 1 saturated carbocycles. The molecule has 0 spiro atoms.